The lowest BCUT2D eigenvalue weighted by Gasteiger charge is -2.43. The van der Waals surface area contributed by atoms with Crippen molar-refractivity contribution in [3.63, 3.8) is 0 Å². The van der Waals surface area contributed by atoms with Gasteiger partial charge in [-0.3, -0.25) is 19.2 Å². The van der Waals surface area contributed by atoms with Crippen LogP contribution in [0.3, 0.4) is 0 Å². The van der Waals surface area contributed by atoms with Crippen LogP contribution in [0.5, 0.6) is 0 Å². The molecule has 14 heteroatoms. The van der Waals surface area contributed by atoms with Gasteiger partial charge >= 0.3 is 6.03 Å². The highest BCUT2D eigenvalue weighted by Gasteiger charge is 2.70. The van der Waals surface area contributed by atoms with Crippen molar-refractivity contribution in [1.82, 2.24) is 30.5 Å². The van der Waals surface area contributed by atoms with Crippen molar-refractivity contribution in [3.8, 4) is 12.3 Å². The predicted octanol–water partition coefficient (Wildman–Crippen LogP) is 2.18. The zero-order chi connectivity index (χ0) is 37.8. The number of Topliss-reactive ketones (excluding diaryl/α,β-unsaturated/α-hetero) is 1. The maximum atomic E-state index is 14.7. The van der Waals surface area contributed by atoms with E-state index in [0.29, 0.717) is 19.4 Å². The summed E-state index contributed by atoms with van der Waals surface area (Å²) < 4.78 is 25.6. The Bertz CT molecular complexity index is 1470. The van der Waals surface area contributed by atoms with Crippen molar-refractivity contribution in [2.24, 2.45) is 28.1 Å². The minimum absolute atomic E-state index is 0.0309. The Morgan fingerprint density at radius 1 is 1.06 bits per heavy atom. The van der Waals surface area contributed by atoms with Gasteiger partial charge in [0.1, 0.15) is 12.1 Å². The van der Waals surface area contributed by atoms with Gasteiger partial charge in [0.05, 0.1) is 12.3 Å². The number of hydrogen-bond acceptors (Lipinski definition) is 7. The van der Waals surface area contributed by atoms with Gasteiger partial charge in [-0.25, -0.2) is 17.5 Å². The summed E-state index contributed by atoms with van der Waals surface area (Å²) in [7, 11) is -2.06. The predicted molar refractivity (Wildman–Crippen MR) is 192 cm³/mol. The van der Waals surface area contributed by atoms with E-state index in [0.717, 1.165) is 25.5 Å². The number of rotatable bonds is 15. The number of fused-ring (bicyclic) bond motifs is 1. The van der Waals surface area contributed by atoms with Crippen molar-refractivity contribution >= 4 is 39.6 Å². The Labute approximate surface area is 298 Å². The summed E-state index contributed by atoms with van der Waals surface area (Å²) in [6, 6.07) is -4.28. The smallest absolute Gasteiger partial charge is 0.315 e. The molecule has 1 unspecified atom stereocenters. The van der Waals surface area contributed by atoms with Gasteiger partial charge in [0.2, 0.25) is 27.6 Å². The molecule has 1 saturated heterocycles. The van der Waals surface area contributed by atoms with Gasteiger partial charge in [-0.2, -0.15) is 0 Å². The molecule has 1 heterocycles. The number of likely N-dealkylation sites (N-methyl/N-ethyl adjacent to an activating group) is 1. The molecule has 6 atom stereocenters. The lowest BCUT2D eigenvalue weighted by molar-refractivity contribution is -0.146. The number of nitrogens with zero attached hydrogens (tertiary/aromatic N) is 2. The summed E-state index contributed by atoms with van der Waals surface area (Å²) in [6.45, 7) is 15.7. The molecule has 4 N–H and O–H groups in total. The molecule has 0 bridgehead atoms. The topological polar surface area (TPSA) is 174 Å². The lowest BCUT2D eigenvalue weighted by Crippen LogP contribution is -2.63. The van der Waals surface area contributed by atoms with Gasteiger partial charge in [0.15, 0.2) is 0 Å². The molecule has 2 saturated carbocycles. The van der Waals surface area contributed by atoms with Gasteiger partial charge in [0, 0.05) is 39.1 Å². The number of urea groups is 1. The van der Waals surface area contributed by atoms with E-state index in [9.17, 15) is 32.4 Å². The SMILES string of the molecule is C#CCCC(NC(=O)[C@@H]1[C@@H]2[C@H](CN1C(=O)[C@@H](NC(=O)N[C@H](CN(C)S(C)(=O)=O)C(C)(C)C)C1(C)CCCCC1)C2(C)C)C(=O)C(=O)NCC=C. The van der Waals surface area contributed by atoms with Crippen LogP contribution >= 0.6 is 0 Å². The second kappa shape index (κ2) is 15.8. The molecule has 1 aliphatic heterocycles. The normalized spacial score (nSPS) is 24.1. The first kappa shape index (κ1) is 41.0. The maximum absolute atomic E-state index is 14.7. The summed E-state index contributed by atoms with van der Waals surface area (Å²) in [5, 5.41) is 11.1. The zero-order valence-corrected chi connectivity index (χ0v) is 31.9. The number of piperidine rings is 1. The second-order valence-corrected chi connectivity index (χ2v) is 18.4. The average Bonchev–Trinajstić information content (AvgIpc) is 3.33. The fourth-order valence-electron chi connectivity index (χ4n) is 7.58. The Morgan fingerprint density at radius 3 is 2.22 bits per heavy atom. The van der Waals surface area contributed by atoms with Gasteiger partial charge in [0.25, 0.3) is 5.91 Å². The average molecular weight is 719 g/mol. The molecule has 2 aliphatic carbocycles. The summed E-state index contributed by atoms with van der Waals surface area (Å²) >= 11 is 0. The molecule has 0 aromatic rings. The van der Waals surface area contributed by atoms with Crippen molar-refractivity contribution in [2.75, 3.05) is 32.9 Å². The Kier molecular flexibility index (Phi) is 13.0. The Morgan fingerprint density at radius 2 is 1.68 bits per heavy atom. The van der Waals surface area contributed by atoms with Crippen LogP contribution in [0.1, 0.15) is 86.5 Å². The number of ketones is 1. The monoisotopic (exact) mass is 718 g/mol. The van der Waals surface area contributed by atoms with E-state index in [4.69, 9.17) is 6.42 Å². The highest BCUT2D eigenvalue weighted by Crippen LogP contribution is 2.65. The van der Waals surface area contributed by atoms with Gasteiger partial charge in [-0.05, 0) is 47.3 Å². The molecular formula is C36H58N6O7S. The third kappa shape index (κ3) is 9.46. The summed E-state index contributed by atoms with van der Waals surface area (Å²) in [4.78, 5) is 69.8. The number of carbonyl (C=O) groups is 5. The second-order valence-electron chi connectivity index (χ2n) is 16.3. The molecule has 0 radical (unpaired) electrons. The van der Waals surface area contributed by atoms with Crippen LogP contribution in [0, 0.1) is 40.4 Å². The van der Waals surface area contributed by atoms with Gasteiger partial charge < -0.3 is 26.2 Å². The van der Waals surface area contributed by atoms with Crippen molar-refractivity contribution < 1.29 is 32.4 Å². The van der Waals surface area contributed by atoms with E-state index in [1.54, 1.807) is 4.90 Å². The van der Waals surface area contributed by atoms with Crippen LogP contribution in [-0.2, 0) is 29.2 Å². The molecule has 3 rings (SSSR count). The molecule has 13 nitrogen and oxygen atoms in total. The molecule has 3 aliphatic rings. The number of sulfonamides is 1. The standard InChI is InChI=1S/C36H58N6O7S/c1-11-13-17-24(28(43)31(45)37-20-12-2)38-30(44)27-26-23(35(26,6)7)21-42(27)32(46)29(36(8)18-15-14-16-19-36)40-33(47)39-25(34(3,4)5)22-41(9)50(10,48)49/h1,12,23-27,29H,2,13-22H2,3-10H3,(H,37,45)(H,38,44)(H2,39,40,47)/t23-,24?,25+,26-,27-,29+/m0/s1. The van der Waals surface area contributed by atoms with Crippen LogP contribution in [0.25, 0.3) is 0 Å². The third-order valence-corrected chi connectivity index (χ3v) is 12.5. The molecule has 0 spiro atoms. The van der Waals surface area contributed by atoms with Crippen LogP contribution in [0.4, 0.5) is 4.79 Å². The maximum Gasteiger partial charge on any atom is 0.315 e. The van der Waals surface area contributed by atoms with Crippen LogP contribution in [0.2, 0.25) is 0 Å². The molecule has 5 amide bonds. The number of hydrogen-bond donors (Lipinski definition) is 4. The zero-order valence-electron chi connectivity index (χ0n) is 31.1. The van der Waals surface area contributed by atoms with E-state index in [1.165, 1.54) is 17.4 Å². The third-order valence-electron chi connectivity index (χ3n) is 11.2. The van der Waals surface area contributed by atoms with Crippen molar-refractivity contribution in [1.29, 1.82) is 0 Å². The van der Waals surface area contributed by atoms with Crippen molar-refractivity contribution in [3.05, 3.63) is 12.7 Å². The number of terminal acetylenes is 1. The van der Waals surface area contributed by atoms with Crippen LogP contribution in [-0.4, -0.2) is 104 Å². The largest absolute Gasteiger partial charge is 0.346 e. The summed E-state index contributed by atoms with van der Waals surface area (Å²) in [5.41, 5.74) is -1.37. The van der Waals surface area contributed by atoms with Gasteiger partial charge in [-0.1, -0.05) is 66.9 Å². The summed E-state index contributed by atoms with van der Waals surface area (Å²) in [6.07, 6.45) is 12.3. The first-order valence-corrected chi connectivity index (χ1v) is 19.4. The van der Waals surface area contributed by atoms with E-state index in [-0.39, 0.29) is 49.1 Å². The van der Waals surface area contributed by atoms with E-state index < -0.39 is 68.6 Å². The van der Waals surface area contributed by atoms with Crippen LogP contribution in [0.15, 0.2) is 12.7 Å². The van der Waals surface area contributed by atoms with Crippen molar-refractivity contribution in [2.45, 2.75) is 111 Å². The first-order valence-electron chi connectivity index (χ1n) is 17.6. The fourth-order valence-corrected chi connectivity index (χ4v) is 8.00. The highest BCUT2D eigenvalue weighted by atomic mass is 32.2. The summed E-state index contributed by atoms with van der Waals surface area (Å²) in [5.74, 6) is -0.332. The molecule has 0 aromatic heterocycles. The molecular weight excluding hydrogens is 660 g/mol. The molecule has 50 heavy (non-hydrogen) atoms. The molecule has 280 valence electrons. The molecule has 3 fully saturated rings. The van der Waals surface area contributed by atoms with E-state index in [1.807, 2.05) is 41.5 Å². The fraction of sp³-hybridized carbons (Fsp3) is 0.750. The van der Waals surface area contributed by atoms with E-state index in [2.05, 4.69) is 33.8 Å². The number of likely N-dealkylation sites (tertiary alicyclic amines) is 1. The Balaban J connectivity index is 1.92. The number of nitrogens with one attached hydrogen (secondary N) is 4. The Hall–Kier alpha value is -3.44. The lowest BCUT2D eigenvalue weighted by atomic mass is 9.70. The highest BCUT2D eigenvalue weighted by molar-refractivity contribution is 7.88. The van der Waals surface area contributed by atoms with Crippen LogP contribution < -0.4 is 21.3 Å². The number of amides is 5. The molecule has 0 aromatic carbocycles. The minimum Gasteiger partial charge on any atom is -0.346 e. The minimum atomic E-state index is -3.52. The number of carbonyl (C=O) groups excluding carboxylic acids is 5. The van der Waals surface area contributed by atoms with Gasteiger partial charge in [-0.15, -0.1) is 18.9 Å². The quantitative estimate of drug-likeness (QED) is 0.114. The van der Waals surface area contributed by atoms with E-state index >= 15 is 0 Å². The first-order chi connectivity index (χ1) is 23.1.